The van der Waals surface area contributed by atoms with Gasteiger partial charge in [-0.2, -0.15) is 0 Å². The number of hydrogen-bond donors (Lipinski definition) is 0. The van der Waals surface area contributed by atoms with Crippen LogP contribution in [0.1, 0.15) is 36.0 Å². The molecule has 1 aliphatic heterocycles. The Bertz CT molecular complexity index is 708. The molecule has 1 heterocycles. The first-order valence-corrected chi connectivity index (χ1v) is 9.61. The fourth-order valence-electron chi connectivity index (χ4n) is 2.91. The molecule has 1 fully saturated rings. The van der Waals surface area contributed by atoms with Gasteiger partial charge in [0.2, 0.25) is 0 Å². The number of ether oxygens (including phenoxy) is 1. The predicted molar refractivity (Wildman–Crippen MR) is 107 cm³/mol. The van der Waals surface area contributed by atoms with Crippen molar-refractivity contribution in [1.29, 1.82) is 0 Å². The van der Waals surface area contributed by atoms with Gasteiger partial charge in [0.1, 0.15) is 17.3 Å². The van der Waals surface area contributed by atoms with Crippen molar-refractivity contribution in [3.63, 3.8) is 0 Å². The topological polar surface area (TPSA) is 12.5 Å². The number of nitrogens with zero attached hydrogens (tertiary/aromatic N) is 1. The summed E-state index contributed by atoms with van der Waals surface area (Å²) in [5.74, 6) is 0.856. The molecule has 0 bridgehead atoms. The molecular formula is C20H22BrNOS. The largest absolute Gasteiger partial charge is 0.488 e. The van der Waals surface area contributed by atoms with Crippen molar-refractivity contribution in [2.24, 2.45) is 0 Å². The molecule has 3 rings (SSSR count). The molecule has 0 aliphatic carbocycles. The first-order chi connectivity index (χ1) is 11.6. The van der Waals surface area contributed by atoms with E-state index < -0.39 is 0 Å². The van der Waals surface area contributed by atoms with Gasteiger partial charge in [-0.25, -0.2) is 0 Å². The zero-order chi connectivity index (χ0) is 16.9. The minimum atomic E-state index is 0.553. The summed E-state index contributed by atoms with van der Waals surface area (Å²) in [6.07, 6.45) is 3.73. The van der Waals surface area contributed by atoms with E-state index in [1.165, 1.54) is 30.4 Å². The summed E-state index contributed by atoms with van der Waals surface area (Å²) in [6.45, 7) is 4.73. The predicted octanol–water partition coefficient (Wildman–Crippen LogP) is 5.50. The zero-order valence-electron chi connectivity index (χ0n) is 13.9. The van der Waals surface area contributed by atoms with Gasteiger partial charge >= 0.3 is 0 Å². The third-order valence-electron chi connectivity index (χ3n) is 4.33. The van der Waals surface area contributed by atoms with Crippen LogP contribution in [0.3, 0.4) is 0 Å². The molecule has 0 radical (unpaired) electrons. The van der Waals surface area contributed by atoms with Crippen LogP contribution in [-0.2, 0) is 6.61 Å². The Morgan fingerprint density at radius 3 is 2.50 bits per heavy atom. The second kappa shape index (κ2) is 8.13. The van der Waals surface area contributed by atoms with Gasteiger partial charge in [-0.15, -0.1) is 0 Å². The number of thiocarbonyl (C=S) groups is 1. The number of hydrogen-bond acceptors (Lipinski definition) is 2. The Morgan fingerprint density at radius 1 is 1.08 bits per heavy atom. The molecular weight excluding hydrogens is 382 g/mol. The summed E-state index contributed by atoms with van der Waals surface area (Å²) in [4.78, 5) is 3.20. The van der Waals surface area contributed by atoms with Crippen LogP contribution in [-0.4, -0.2) is 23.0 Å². The minimum Gasteiger partial charge on any atom is -0.488 e. The van der Waals surface area contributed by atoms with E-state index in [1.807, 2.05) is 12.1 Å². The SMILES string of the molecule is Cc1ccc(COc2ccc(Br)cc2C(=S)N2CCCCC2)cc1. The van der Waals surface area contributed by atoms with Crippen molar-refractivity contribution in [1.82, 2.24) is 4.90 Å². The molecule has 0 saturated carbocycles. The number of aryl methyl sites for hydroxylation is 1. The van der Waals surface area contributed by atoms with Crippen molar-refractivity contribution in [3.05, 3.63) is 63.6 Å². The smallest absolute Gasteiger partial charge is 0.130 e. The molecule has 2 nitrogen and oxygen atoms in total. The second-order valence-corrected chi connectivity index (χ2v) is 7.57. The fourth-order valence-corrected chi connectivity index (χ4v) is 3.61. The third kappa shape index (κ3) is 4.37. The maximum atomic E-state index is 6.10. The van der Waals surface area contributed by atoms with E-state index in [1.54, 1.807) is 0 Å². The Balaban J connectivity index is 1.77. The van der Waals surface area contributed by atoms with Crippen LogP contribution in [0.5, 0.6) is 5.75 Å². The number of piperidine rings is 1. The molecule has 0 aromatic heterocycles. The van der Waals surface area contributed by atoms with Gasteiger partial charge in [-0.3, -0.25) is 0 Å². The van der Waals surface area contributed by atoms with Gasteiger partial charge in [0.25, 0.3) is 0 Å². The highest BCUT2D eigenvalue weighted by molar-refractivity contribution is 9.10. The number of benzene rings is 2. The normalized spacial score (nSPS) is 14.5. The van der Waals surface area contributed by atoms with Crippen LogP contribution in [0.2, 0.25) is 0 Å². The van der Waals surface area contributed by atoms with Crippen LogP contribution in [0.25, 0.3) is 0 Å². The molecule has 126 valence electrons. The van der Waals surface area contributed by atoms with Crippen molar-refractivity contribution < 1.29 is 4.74 Å². The van der Waals surface area contributed by atoms with Crippen molar-refractivity contribution in [2.45, 2.75) is 32.8 Å². The zero-order valence-corrected chi connectivity index (χ0v) is 16.3. The molecule has 2 aromatic carbocycles. The molecule has 24 heavy (non-hydrogen) atoms. The van der Waals surface area contributed by atoms with Crippen LogP contribution >= 0.6 is 28.1 Å². The maximum Gasteiger partial charge on any atom is 0.130 e. The van der Waals surface area contributed by atoms with Crippen molar-refractivity contribution in [2.75, 3.05) is 13.1 Å². The van der Waals surface area contributed by atoms with Crippen LogP contribution in [0.15, 0.2) is 46.9 Å². The molecule has 1 saturated heterocycles. The first kappa shape index (κ1) is 17.4. The number of halogens is 1. The van der Waals surface area contributed by atoms with E-state index in [4.69, 9.17) is 17.0 Å². The van der Waals surface area contributed by atoms with Gasteiger partial charge in [-0.05, 0) is 49.9 Å². The lowest BCUT2D eigenvalue weighted by Crippen LogP contribution is -2.35. The average molecular weight is 404 g/mol. The second-order valence-electron chi connectivity index (χ2n) is 6.27. The standard InChI is InChI=1S/C20H22BrNOS/c1-15-5-7-16(8-6-15)14-23-19-10-9-17(21)13-18(19)20(24)22-11-3-2-4-12-22/h5-10,13H,2-4,11-12,14H2,1H3. The molecule has 0 spiro atoms. The lowest BCUT2D eigenvalue weighted by molar-refractivity contribution is 0.303. The molecule has 0 unspecified atom stereocenters. The van der Waals surface area contributed by atoms with Gasteiger partial charge in [0, 0.05) is 17.6 Å². The monoisotopic (exact) mass is 403 g/mol. The summed E-state index contributed by atoms with van der Waals surface area (Å²) in [5, 5.41) is 0. The van der Waals surface area contributed by atoms with Gasteiger partial charge in [-0.1, -0.05) is 58.0 Å². The van der Waals surface area contributed by atoms with E-state index in [-0.39, 0.29) is 0 Å². The Labute approximate surface area is 158 Å². The quantitative estimate of drug-likeness (QED) is 0.625. The summed E-state index contributed by atoms with van der Waals surface area (Å²) in [5.41, 5.74) is 3.43. The van der Waals surface area contributed by atoms with E-state index in [0.717, 1.165) is 33.9 Å². The van der Waals surface area contributed by atoms with Crippen molar-refractivity contribution >= 4 is 33.1 Å². The number of likely N-dealkylation sites (tertiary alicyclic amines) is 1. The summed E-state index contributed by atoms with van der Waals surface area (Å²) in [7, 11) is 0. The van der Waals surface area contributed by atoms with Crippen LogP contribution < -0.4 is 4.74 Å². The highest BCUT2D eigenvalue weighted by atomic mass is 79.9. The van der Waals surface area contributed by atoms with Crippen LogP contribution in [0.4, 0.5) is 0 Å². The molecule has 0 amide bonds. The highest BCUT2D eigenvalue weighted by Crippen LogP contribution is 2.27. The van der Waals surface area contributed by atoms with Gasteiger partial charge < -0.3 is 9.64 Å². The third-order valence-corrected chi connectivity index (χ3v) is 5.30. The number of rotatable bonds is 4. The van der Waals surface area contributed by atoms with E-state index in [9.17, 15) is 0 Å². The van der Waals surface area contributed by atoms with Gasteiger partial charge in [0.05, 0.1) is 5.56 Å². The molecule has 4 heteroatoms. The highest BCUT2D eigenvalue weighted by Gasteiger charge is 2.18. The van der Waals surface area contributed by atoms with Crippen LogP contribution in [0, 0.1) is 6.92 Å². The maximum absolute atomic E-state index is 6.10. The molecule has 1 aliphatic rings. The van der Waals surface area contributed by atoms with Crippen molar-refractivity contribution in [3.8, 4) is 5.75 Å². The van der Waals surface area contributed by atoms with E-state index in [0.29, 0.717) is 6.61 Å². The molecule has 2 aromatic rings. The summed E-state index contributed by atoms with van der Waals surface area (Å²) >= 11 is 9.32. The average Bonchev–Trinajstić information content (AvgIpc) is 2.62. The minimum absolute atomic E-state index is 0.553. The Kier molecular flexibility index (Phi) is 5.90. The van der Waals surface area contributed by atoms with Gasteiger partial charge in [0.15, 0.2) is 0 Å². The lowest BCUT2D eigenvalue weighted by atomic mass is 10.1. The summed E-state index contributed by atoms with van der Waals surface area (Å²) < 4.78 is 7.12. The first-order valence-electron chi connectivity index (χ1n) is 8.40. The Hall–Kier alpha value is -1.39. The molecule has 0 atom stereocenters. The summed E-state index contributed by atoms with van der Waals surface area (Å²) in [6, 6.07) is 14.5. The van der Waals surface area contributed by atoms with E-state index in [2.05, 4.69) is 58.1 Å². The Morgan fingerprint density at radius 2 is 1.79 bits per heavy atom. The fraction of sp³-hybridized carbons (Fsp3) is 0.350. The van der Waals surface area contributed by atoms with E-state index >= 15 is 0 Å². The molecule has 0 N–H and O–H groups in total. The lowest BCUT2D eigenvalue weighted by Gasteiger charge is -2.30.